The number of fused-ring (bicyclic) bond motifs is 4. The van der Waals surface area contributed by atoms with E-state index in [0.29, 0.717) is 16.9 Å². The van der Waals surface area contributed by atoms with Gasteiger partial charge >= 0.3 is 0 Å². The molecule has 0 aliphatic carbocycles. The number of rotatable bonds is 3. The quantitative estimate of drug-likeness (QED) is 0.380. The first-order valence-electron chi connectivity index (χ1n) is 8.79. The highest BCUT2D eigenvalue weighted by atomic mass is 32.1. The van der Waals surface area contributed by atoms with Gasteiger partial charge in [0.25, 0.3) is 5.91 Å². The Morgan fingerprint density at radius 2 is 2.07 bits per heavy atom. The van der Waals surface area contributed by atoms with Gasteiger partial charge in [-0.1, -0.05) is 47.7 Å². The van der Waals surface area contributed by atoms with Gasteiger partial charge in [0.1, 0.15) is 0 Å². The van der Waals surface area contributed by atoms with Crippen LogP contribution in [0.25, 0.3) is 31.2 Å². The Morgan fingerprint density at radius 3 is 2.96 bits per heavy atom. The third-order valence-electron chi connectivity index (χ3n) is 4.66. The van der Waals surface area contributed by atoms with Crippen LogP contribution in [0.15, 0.2) is 77.8 Å². The van der Waals surface area contributed by atoms with E-state index in [0.717, 1.165) is 20.4 Å². The van der Waals surface area contributed by atoms with Crippen molar-refractivity contribution in [3.05, 3.63) is 83.1 Å². The van der Waals surface area contributed by atoms with Crippen LogP contribution in [0.5, 0.6) is 0 Å². The fourth-order valence-electron chi connectivity index (χ4n) is 3.33. The van der Waals surface area contributed by atoms with Gasteiger partial charge in [0, 0.05) is 17.5 Å². The number of hydrogen-bond donors (Lipinski definition) is 0. The van der Waals surface area contributed by atoms with Gasteiger partial charge in [-0.3, -0.25) is 4.79 Å². The molecule has 0 spiro atoms. The lowest BCUT2D eigenvalue weighted by Gasteiger charge is -2.03. The molecule has 0 aliphatic rings. The maximum absolute atomic E-state index is 12.9. The van der Waals surface area contributed by atoms with Crippen LogP contribution in [0.3, 0.4) is 0 Å². The van der Waals surface area contributed by atoms with E-state index in [1.165, 1.54) is 33.4 Å². The maximum atomic E-state index is 12.9. The van der Waals surface area contributed by atoms with Gasteiger partial charge in [-0.2, -0.15) is 4.99 Å². The van der Waals surface area contributed by atoms with Gasteiger partial charge in [-0.25, -0.2) is 4.98 Å². The summed E-state index contributed by atoms with van der Waals surface area (Å²) in [6.45, 7) is 4.46. The Balaban J connectivity index is 1.71. The van der Waals surface area contributed by atoms with Crippen molar-refractivity contribution in [1.82, 2.24) is 9.55 Å². The summed E-state index contributed by atoms with van der Waals surface area (Å²) < 4.78 is 4.16. The number of benzene rings is 3. The molecule has 5 rings (SSSR count). The van der Waals surface area contributed by atoms with Gasteiger partial charge in [0.2, 0.25) is 0 Å². The van der Waals surface area contributed by atoms with Crippen LogP contribution in [0.4, 0.5) is 0 Å². The molecule has 4 nitrogen and oxygen atoms in total. The zero-order valence-corrected chi connectivity index (χ0v) is 16.5. The van der Waals surface area contributed by atoms with Crippen LogP contribution >= 0.6 is 22.7 Å². The molecule has 5 aromatic rings. The average molecular weight is 402 g/mol. The number of amides is 1. The van der Waals surface area contributed by atoms with Crippen LogP contribution in [-0.4, -0.2) is 15.5 Å². The lowest BCUT2D eigenvalue weighted by Crippen LogP contribution is -2.16. The number of thiazole rings is 2. The highest BCUT2D eigenvalue weighted by Crippen LogP contribution is 2.28. The fourth-order valence-corrected chi connectivity index (χ4v) is 5.22. The van der Waals surface area contributed by atoms with Crippen molar-refractivity contribution in [3.63, 3.8) is 0 Å². The van der Waals surface area contributed by atoms with Crippen molar-refractivity contribution < 1.29 is 4.79 Å². The Kier molecular flexibility index (Phi) is 4.15. The number of carbonyl (C=O) groups is 1. The molecule has 0 aliphatic heterocycles. The zero-order valence-electron chi connectivity index (χ0n) is 14.8. The van der Waals surface area contributed by atoms with Gasteiger partial charge in [0.15, 0.2) is 4.80 Å². The summed E-state index contributed by atoms with van der Waals surface area (Å²) in [5, 5.41) is 2.35. The molecule has 136 valence electrons. The summed E-state index contributed by atoms with van der Waals surface area (Å²) in [5.41, 5.74) is 4.32. The van der Waals surface area contributed by atoms with E-state index < -0.39 is 0 Å². The second kappa shape index (κ2) is 6.82. The predicted octanol–water partition coefficient (Wildman–Crippen LogP) is 5.39. The number of allylic oxidation sites excluding steroid dienone is 1. The fraction of sp³-hybridized carbons (Fsp3) is 0.0455. The topological polar surface area (TPSA) is 47.2 Å². The van der Waals surface area contributed by atoms with Gasteiger partial charge in [0.05, 0.1) is 25.9 Å². The summed E-state index contributed by atoms with van der Waals surface area (Å²) in [6, 6.07) is 18.0. The van der Waals surface area contributed by atoms with E-state index in [2.05, 4.69) is 40.8 Å². The smallest absolute Gasteiger partial charge is 0.279 e. The molecule has 0 N–H and O–H groups in total. The third kappa shape index (κ3) is 2.78. The van der Waals surface area contributed by atoms with Crippen molar-refractivity contribution in [2.45, 2.75) is 6.54 Å². The molecule has 28 heavy (non-hydrogen) atoms. The molecule has 0 saturated heterocycles. The summed E-state index contributed by atoms with van der Waals surface area (Å²) in [7, 11) is 0. The lowest BCUT2D eigenvalue weighted by molar-refractivity contribution is 0.0998. The SMILES string of the molecule is C=CCn1c(=NC(=O)c2ccc3ncsc3c2)sc2c3ccccc3ccc21. The Labute approximate surface area is 168 Å². The minimum Gasteiger partial charge on any atom is -0.312 e. The van der Waals surface area contributed by atoms with E-state index in [9.17, 15) is 4.79 Å². The van der Waals surface area contributed by atoms with Gasteiger partial charge in [-0.05, 0) is 29.7 Å². The third-order valence-corrected chi connectivity index (χ3v) is 6.58. The molecular weight excluding hydrogens is 386 g/mol. The molecular formula is C22H15N3OS2. The Hall–Kier alpha value is -3.09. The molecule has 1 amide bonds. The molecule has 6 heteroatoms. The van der Waals surface area contributed by atoms with E-state index >= 15 is 0 Å². The van der Waals surface area contributed by atoms with Gasteiger partial charge in [-0.15, -0.1) is 17.9 Å². The highest BCUT2D eigenvalue weighted by molar-refractivity contribution is 7.17. The molecule has 0 bridgehead atoms. The summed E-state index contributed by atoms with van der Waals surface area (Å²) >= 11 is 3.06. The van der Waals surface area contributed by atoms with Crippen LogP contribution in [0, 0.1) is 0 Å². The number of hydrogen-bond acceptors (Lipinski definition) is 4. The number of aromatic nitrogens is 2. The maximum Gasteiger partial charge on any atom is 0.279 e. The summed E-state index contributed by atoms with van der Waals surface area (Å²) in [4.78, 5) is 22.3. The molecule has 0 unspecified atom stereocenters. The van der Waals surface area contributed by atoms with E-state index in [1.54, 1.807) is 11.6 Å². The molecule has 2 heterocycles. The second-order valence-electron chi connectivity index (χ2n) is 6.37. The van der Waals surface area contributed by atoms with Crippen LogP contribution in [0.1, 0.15) is 10.4 Å². The monoisotopic (exact) mass is 401 g/mol. The first kappa shape index (κ1) is 17.0. The van der Waals surface area contributed by atoms with Crippen LogP contribution in [-0.2, 0) is 6.54 Å². The second-order valence-corrected chi connectivity index (χ2v) is 8.23. The van der Waals surface area contributed by atoms with E-state index in [4.69, 9.17) is 0 Å². The first-order chi connectivity index (χ1) is 13.7. The minimum atomic E-state index is -0.246. The standard InChI is InChI=1S/C22H15N3OS2/c1-2-11-25-18-10-8-14-5-3-4-6-16(14)20(18)28-22(25)24-21(26)15-7-9-17-19(12-15)27-13-23-17/h2-10,12-13H,1,11H2. The lowest BCUT2D eigenvalue weighted by atomic mass is 10.1. The molecule has 0 saturated carbocycles. The number of carbonyl (C=O) groups excluding carboxylic acids is 1. The summed E-state index contributed by atoms with van der Waals surface area (Å²) in [6.07, 6.45) is 1.83. The normalized spacial score (nSPS) is 12.2. The first-order valence-corrected chi connectivity index (χ1v) is 10.5. The number of nitrogens with zero attached hydrogens (tertiary/aromatic N) is 3. The van der Waals surface area contributed by atoms with Crippen molar-refractivity contribution in [1.29, 1.82) is 0 Å². The van der Waals surface area contributed by atoms with Crippen molar-refractivity contribution >= 4 is 59.8 Å². The Morgan fingerprint density at radius 1 is 1.18 bits per heavy atom. The molecule has 2 aromatic heterocycles. The Bertz CT molecular complexity index is 1440. The minimum absolute atomic E-state index is 0.246. The van der Waals surface area contributed by atoms with Gasteiger partial charge < -0.3 is 4.57 Å². The van der Waals surface area contributed by atoms with Crippen LogP contribution < -0.4 is 4.80 Å². The van der Waals surface area contributed by atoms with E-state index in [-0.39, 0.29) is 5.91 Å². The molecule has 0 radical (unpaired) electrons. The van der Waals surface area contributed by atoms with Crippen molar-refractivity contribution in [3.8, 4) is 0 Å². The van der Waals surface area contributed by atoms with E-state index in [1.807, 2.05) is 34.9 Å². The largest absolute Gasteiger partial charge is 0.312 e. The molecule has 0 atom stereocenters. The predicted molar refractivity (Wildman–Crippen MR) is 117 cm³/mol. The average Bonchev–Trinajstić information content (AvgIpc) is 3.32. The zero-order chi connectivity index (χ0) is 19.1. The molecule has 0 fully saturated rings. The van der Waals surface area contributed by atoms with Crippen molar-refractivity contribution in [2.75, 3.05) is 0 Å². The highest BCUT2D eigenvalue weighted by Gasteiger charge is 2.11. The summed E-state index contributed by atoms with van der Waals surface area (Å²) in [5.74, 6) is -0.246. The molecule has 3 aromatic carbocycles. The van der Waals surface area contributed by atoms with Crippen LogP contribution in [0.2, 0.25) is 0 Å². The van der Waals surface area contributed by atoms with Crippen molar-refractivity contribution in [2.24, 2.45) is 4.99 Å².